The van der Waals surface area contributed by atoms with E-state index in [9.17, 15) is 0 Å². The summed E-state index contributed by atoms with van der Waals surface area (Å²) in [5.41, 5.74) is 0. The van der Waals surface area contributed by atoms with Gasteiger partial charge in [0.05, 0.1) is 0 Å². The van der Waals surface area contributed by atoms with Crippen LogP contribution in [0.1, 0.15) is 0 Å². The van der Waals surface area contributed by atoms with Gasteiger partial charge >= 0.3 is 76.2 Å². The summed E-state index contributed by atoms with van der Waals surface area (Å²) in [4.78, 5) is 0. The molecule has 0 unspecified atom stereocenters. The van der Waals surface area contributed by atoms with Crippen molar-refractivity contribution in [2.24, 2.45) is 0 Å². The van der Waals surface area contributed by atoms with E-state index in [1.165, 1.54) is 0 Å². The first-order valence-electron chi connectivity index (χ1n) is 1.33. The molecule has 0 spiro atoms. The van der Waals surface area contributed by atoms with Gasteiger partial charge in [-0.3, -0.25) is 16.8 Å². The summed E-state index contributed by atoms with van der Waals surface area (Å²) in [7, 11) is -10.3. The van der Waals surface area contributed by atoms with E-state index in [1.807, 2.05) is 0 Å². The minimum Gasteiger partial charge on any atom is -0.759 e. The van der Waals surface area contributed by atoms with Crippen molar-refractivity contribution < 1.29 is 111 Å². The Bertz CT molecular complexity index is 217. The molecule has 13 heavy (non-hydrogen) atoms. The summed E-state index contributed by atoms with van der Waals surface area (Å²) < 4.78 is 68.2. The van der Waals surface area contributed by atoms with Gasteiger partial charge in [0.2, 0.25) is 0 Å². The van der Waals surface area contributed by atoms with E-state index in [0.29, 0.717) is 0 Å². The van der Waals surface area contributed by atoms with Crippen molar-refractivity contribution >= 4 is 20.8 Å². The fourth-order valence-corrected chi connectivity index (χ4v) is 0. The van der Waals surface area contributed by atoms with Crippen LogP contribution >= 0.6 is 0 Å². The molecule has 0 rings (SSSR count). The summed E-state index contributed by atoms with van der Waals surface area (Å²) in [5.74, 6) is 0. The molecule has 0 aromatic heterocycles. The molecular weight excluding hydrogens is 294 g/mol. The van der Waals surface area contributed by atoms with Crippen LogP contribution in [0.4, 0.5) is 0 Å². The number of hydrogen-bond acceptors (Lipinski definition) is 8. The molecular formula is FeNa2O8S2. The van der Waals surface area contributed by atoms with Gasteiger partial charge in [-0.1, -0.05) is 0 Å². The van der Waals surface area contributed by atoms with Gasteiger partial charge in [-0.2, -0.15) is 0 Å². The molecule has 0 N–H and O–H groups in total. The molecule has 0 heterocycles. The van der Waals surface area contributed by atoms with Gasteiger partial charge in [0, 0.05) is 20.8 Å². The standard InChI is InChI=1S/Fe.2Na.2H2O4S/c;;;2*1-5(2,3)4/h;;;2*(H2,1,2,3,4)/q+2;2*+1;;/p-4. The molecule has 0 bridgehead atoms. The van der Waals surface area contributed by atoms with Gasteiger partial charge in [-0.25, -0.2) is 0 Å². The Kier molecular flexibility index (Phi) is 28.0. The fourth-order valence-electron chi connectivity index (χ4n) is 0. The SMILES string of the molecule is O=S(=O)([O-])[O-].O=S(=O)([O-])[O-].[Fe+2].[Na+].[Na+]. The largest absolute Gasteiger partial charge is 2.00 e. The smallest absolute Gasteiger partial charge is 0.759 e. The second-order valence-corrected chi connectivity index (χ2v) is 2.45. The first kappa shape index (κ1) is 29.5. The van der Waals surface area contributed by atoms with Gasteiger partial charge in [0.15, 0.2) is 0 Å². The molecule has 13 heteroatoms. The van der Waals surface area contributed by atoms with Gasteiger partial charge in [0.1, 0.15) is 0 Å². The molecule has 0 amide bonds. The maximum atomic E-state index is 8.52. The summed E-state index contributed by atoms with van der Waals surface area (Å²) in [6.07, 6.45) is 0. The Morgan fingerprint density at radius 1 is 0.615 bits per heavy atom. The molecule has 0 aromatic rings. The topological polar surface area (TPSA) is 161 Å². The van der Waals surface area contributed by atoms with Crippen LogP contribution in [-0.4, -0.2) is 35.0 Å². The predicted octanol–water partition coefficient (Wildman–Crippen LogP) is -8.67. The number of rotatable bonds is 0. The third-order valence-corrected chi connectivity index (χ3v) is 0. The van der Waals surface area contributed by atoms with Gasteiger partial charge < -0.3 is 18.2 Å². The van der Waals surface area contributed by atoms with Gasteiger partial charge in [0.25, 0.3) is 0 Å². The van der Waals surface area contributed by atoms with Gasteiger partial charge in [-0.05, 0) is 0 Å². The Labute approximate surface area is 130 Å². The molecule has 0 radical (unpaired) electrons. The van der Waals surface area contributed by atoms with Crippen molar-refractivity contribution in [3.8, 4) is 0 Å². The zero-order chi connectivity index (χ0) is 9.00. The van der Waals surface area contributed by atoms with Crippen molar-refractivity contribution in [3.05, 3.63) is 0 Å². The van der Waals surface area contributed by atoms with E-state index in [0.717, 1.165) is 0 Å². The summed E-state index contributed by atoms with van der Waals surface area (Å²) >= 11 is 0. The first-order valence-corrected chi connectivity index (χ1v) is 4.00. The molecule has 70 valence electrons. The van der Waals surface area contributed by atoms with E-state index in [2.05, 4.69) is 0 Å². The fraction of sp³-hybridized carbons (Fsp3) is 0. The Morgan fingerprint density at radius 2 is 0.615 bits per heavy atom. The predicted molar refractivity (Wildman–Crippen MR) is 20.9 cm³/mol. The first-order chi connectivity index (χ1) is 4.00. The zero-order valence-electron chi connectivity index (χ0n) is 6.44. The van der Waals surface area contributed by atoms with Crippen LogP contribution in [-0.2, 0) is 37.9 Å². The average Bonchev–Trinajstić information content (AvgIpc) is 1.12. The van der Waals surface area contributed by atoms with E-state index in [-0.39, 0.29) is 76.2 Å². The molecule has 0 atom stereocenters. The number of hydrogen-bond donors (Lipinski definition) is 0. The monoisotopic (exact) mass is 294 g/mol. The minimum atomic E-state index is -5.17. The maximum absolute atomic E-state index is 8.52. The summed E-state index contributed by atoms with van der Waals surface area (Å²) in [5, 5.41) is 0. The molecule has 8 nitrogen and oxygen atoms in total. The van der Waals surface area contributed by atoms with Crippen LogP contribution in [0.15, 0.2) is 0 Å². The van der Waals surface area contributed by atoms with Crippen molar-refractivity contribution in [1.82, 2.24) is 0 Å². The third kappa shape index (κ3) is 420. The van der Waals surface area contributed by atoms with Crippen LogP contribution in [0, 0.1) is 0 Å². The summed E-state index contributed by atoms with van der Waals surface area (Å²) in [6, 6.07) is 0. The molecule has 0 saturated heterocycles. The molecule has 0 saturated carbocycles. The van der Waals surface area contributed by atoms with E-state index >= 15 is 0 Å². The third-order valence-electron chi connectivity index (χ3n) is 0. The van der Waals surface area contributed by atoms with Crippen LogP contribution in [0.25, 0.3) is 0 Å². The van der Waals surface area contributed by atoms with Crippen LogP contribution in [0.2, 0.25) is 0 Å². The second-order valence-electron chi connectivity index (χ2n) is 0.816. The van der Waals surface area contributed by atoms with Crippen LogP contribution in [0.3, 0.4) is 0 Å². The van der Waals surface area contributed by atoms with E-state index in [1.54, 1.807) is 0 Å². The average molecular weight is 294 g/mol. The van der Waals surface area contributed by atoms with Crippen molar-refractivity contribution in [2.45, 2.75) is 0 Å². The second kappa shape index (κ2) is 12.3. The van der Waals surface area contributed by atoms with E-state index in [4.69, 9.17) is 35.0 Å². The minimum absolute atomic E-state index is 0. The maximum Gasteiger partial charge on any atom is 2.00 e. The Hall–Kier alpha value is 2.26. The molecule has 0 aliphatic carbocycles. The summed E-state index contributed by atoms with van der Waals surface area (Å²) in [6.45, 7) is 0. The molecule has 0 aliphatic heterocycles. The van der Waals surface area contributed by atoms with Crippen molar-refractivity contribution in [3.63, 3.8) is 0 Å². The van der Waals surface area contributed by atoms with Crippen molar-refractivity contribution in [1.29, 1.82) is 0 Å². The molecule has 0 aliphatic rings. The van der Waals surface area contributed by atoms with Crippen LogP contribution < -0.4 is 59.1 Å². The Balaban J connectivity index is -0.0000000267. The van der Waals surface area contributed by atoms with Crippen molar-refractivity contribution in [2.75, 3.05) is 0 Å². The Morgan fingerprint density at radius 3 is 0.615 bits per heavy atom. The zero-order valence-corrected chi connectivity index (χ0v) is 13.2. The van der Waals surface area contributed by atoms with E-state index < -0.39 is 20.8 Å². The quantitative estimate of drug-likeness (QED) is 0.242. The normalized spacial score (nSPS) is 8.92. The van der Waals surface area contributed by atoms with Crippen LogP contribution in [0.5, 0.6) is 0 Å². The van der Waals surface area contributed by atoms with Gasteiger partial charge in [-0.15, -0.1) is 0 Å². The molecule has 0 fully saturated rings. The molecule has 0 aromatic carbocycles.